The SMILES string of the molecule is CC[C@H](C)[C@@H]1NC(=O)[C@H](CC(C)C)N(C)C(=O)C[C@@H](C(=O)N2CCCCC2)N(C)C(=O)[C@H](C(C)C)N(C)C(=O)C2(CCCC2)NC(=O)[C@H](CC(=O)N2CCC(F)(F)CC2)N(C)C(=O)[C@H](CCC2CCC(Cl)CC2)NC(=O)CN(C)C(=O)[C@H](CC2CCCCC2)N(C)C(=O)CN(C)C(=O)CN(C)C1=O. The lowest BCUT2D eigenvalue weighted by atomic mass is 9.84. The lowest BCUT2D eigenvalue weighted by molar-refractivity contribution is -0.156. The molecule has 1 spiro atoms. The first-order valence-electron chi connectivity index (χ1n) is 38.0. The Labute approximate surface area is 614 Å². The molecule has 0 bridgehead atoms. The second-order valence-electron chi connectivity index (χ2n) is 31.6. The van der Waals surface area contributed by atoms with Gasteiger partial charge in [0.05, 0.1) is 32.5 Å². The third-order valence-corrected chi connectivity index (χ3v) is 23.4. The van der Waals surface area contributed by atoms with E-state index in [4.69, 9.17) is 11.6 Å². The Hall–Kier alpha value is -6.74. The molecule has 3 aliphatic carbocycles. The van der Waals surface area contributed by atoms with E-state index in [1.165, 1.54) is 85.8 Å². The molecule has 0 unspecified atom stereocenters. The van der Waals surface area contributed by atoms with Crippen LogP contribution in [0, 0.1) is 29.6 Å². The van der Waals surface area contributed by atoms with Crippen molar-refractivity contribution in [3.8, 4) is 0 Å². The topological polar surface area (TPSA) is 290 Å². The van der Waals surface area contributed by atoms with Gasteiger partial charge in [-0.3, -0.25) is 62.3 Å². The number of halogens is 3. The van der Waals surface area contributed by atoms with Crippen LogP contribution in [-0.2, 0) is 62.3 Å². The summed E-state index contributed by atoms with van der Waals surface area (Å²) in [6, 6.07) is -9.38. The van der Waals surface area contributed by atoms with Crippen LogP contribution in [0.1, 0.15) is 202 Å². The van der Waals surface area contributed by atoms with Gasteiger partial charge in [-0.2, -0.15) is 0 Å². The zero-order valence-corrected chi connectivity index (χ0v) is 64.8. The highest BCUT2D eigenvalue weighted by molar-refractivity contribution is 6.20. The fourth-order valence-electron chi connectivity index (χ4n) is 15.9. The summed E-state index contributed by atoms with van der Waals surface area (Å²) >= 11 is 6.53. The second kappa shape index (κ2) is 38.5. The van der Waals surface area contributed by atoms with Crippen molar-refractivity contribution in [2.75, 3.05) is 102 Å². The van der Waals surface area contributed by atoms with Crippen molar-refractivity contribution in [3.05, 3.63) is 0 Å². The number of carbonyl (C=O) groups excluding carboxylic acids is 13. The maximum Gasteiger partial charge on any atom is 0.251 e. The van der Waals surface area contributed by atoms with Gasteiger partial charge in [-0.25, -0.2) is 8.78 Å². The Balaban J connectivity index is 1.46. The molecule has 13 amide bonds. The largest absolute Gasteiger partial charge is 0.343 e. The Bertz CT molecular complexity index is 2980. The zero-order valence-electron chi connectivity index (χ0n) is 64.0. The minimum absolute atomic E-state index is 0.0305. The summed E-state index contributed by atoms with van der Waals surface area (Å²) in [5.41, 5.74) is -1.75. The van der Waals surface area contributed by atoms with Gasteiger partial charge in [-0.15, -0.1) is 11.6 Å². The highest BCUT2D eigenvalue weighted by Gasteiger charge is 2.51. The fourth-order valence-corrected chi connectivity index (χ4v) is 16.1. The molecular formula is C74H122ClF2N13O13. The highest BCUT2D eigenvalue weighted by Crippen LogP contribution is 2.36. The molecule has 0 aromatic heterocycles. The first-order chi connectivity index (χ1) is 48.4. The van der Waals surface area contributed by atoms with E-state index in [9.17, 15) is 42.3 Å². The molecule has 0 radical (unpaired) electrons. The number of piperidine rings is 2. The van der Waals surface area contributed by atoms with E-state index >= 15 is 28.8 Å². The Morgan fingerprint density at radius 1 is 0.534 bits per heavy atom. The summed E-state index contributed by atoms with van der Waals surface area (Å²) in [5, 5.41) is 8.69. The van der Waals surface area contributed by atoms with Crippen LogP contribution in [0.25, 0.3) is 0 Å². The van der Waals surface area contributed by atoms with Crippen molar-refractivity contribution in [1.29, 1.82) is 0 Å². The van der Waals surface area contributed by atoms with Crippen LogP contribution in [0.5, 0.6) is 0 Å². The molecule has 29 heteroatoms. The Morgan fingerprint density at radius 3 is 1.69 bits per heavy atom. The molecule has 103 heavy (non-hydrogen) atoms. The molecule has 6 fully saturated rings. The monoisotopic (exact) mass is 1470 g/mol. The number of amides is 13. The second-order valence-corrected chi connectivity index (χ2v) is 32.2. The molecule has 3 saturated heterocycles. The number of nitrogens with one attached hydrogen (secondary N) is 3. The number of alkyl halides is 3. The van der Waals surface area contributed by atoms with E-state index in [2.05, 4.69) is 16.0 Å². The van der Waals surface area contributed by atoms with E-state index in [1.807, 2.05) is 20.8 Å². The number of nitrogens with zero attached hydrogens (tertiary/aromatic N) is 10. The lowest BCUT2D eigenvalue weighted by Crippen LogP contribution is -2.65. The number of hydrogen-bond acceptors (Lipinski definition) is 13. The maximum atomic E-state index is 15.7. The van der Waals surface area contributed by atoms with Crippen LogP contribution in [-0.4, -0.2) is 287 Å². The third kappa shape index (κ3) is 22.9. The molecule has 6 rings (SSSR count). The molecule has 3 aliphatic heterocycles. The van der Waals surface area contributed by atoms with Gasteiger partial charge in [-0.1, -0.05) is 92.9 Å². The molecule has 8 atom stereocenters. The summed E-state index contributed by atoms with van der Waals surface area (Å²) in [6.07, 6.45) is 9.06. The molecule has 582 valence electrons. The molecule has 3 saturated carbocycles. The summed E-state index contributed by atoms with van der Waals surface area (Å²) < 4.78 is 29.3. The smallest absolute Gasteiger partial charge is 0.251 e. The van der Waals surface area contributed by atoms with Gasteiger partial charge in [0.25, 0.3) is 5.92 Å². The third-order valence-electron chi connectivity index (χ3n) is 23.0. The number of rotatable bonds is 13. The molecule has 3 N–H and O–H groups in total. The summed E-state index contributed by atoms with van der Waals surface area (Å²) in [5.74, 6) is -13.3. The quantitative estimate of drug-likeness (QED) is 0.199. The first-order valence-corrected chi connectivity index (χ1v) is 38.4. The van der Waals surface area contributed by atoms with Gasteiger partial charge in [-0.05, 0) is 113 Å². The zero-order chi connectivity index (χ0) is 76.5. The standard InChI is InChI=1S/C74H122ClF2N13O13/c1-15-49(6)63-70(101)83(9)45-61(94)81(7)46-62(95)85(11)56(41-51-24-18-16-19-25-51)68(99)82(8)44-58(91)78-53(31-28-50-26-29-52(75)30-27-50)67(98)86(12)55(42-60(93)89-38-34-74(76,77)35-39-89)66(97)80-73(32-20-21-33-73)72(103)88(14)64(48(4)5)71(102)87(13)57(69(100)90-36-22-17-23-37-90)43-59(92)84(10)54(40-47(2)3)65(96)79-63/h47-57,63-64H,15-46H2,1-14H3,(H,78,91)(H,79,96)(H,80,97)/t49-,50?,52?,53-,54-,55-,56-,57-,63-,64-/m0/s1. The molecule has 26 nitrogen and oxygen atoms in total. The average molecular weight is 1480 g/mol. The summed E-state index contributed by atoms with van der Waals surface area (Å²) in [7, 11) is 11.2. The van der Waals surface area contributed by atoms with Gasteiger partial charge < -0.3 is 64.9 Å². The normalized spacial score (nSPS) is 28.5. The minimum atomic E-state index is -3.04. The van der Waals surface area contributed by atoms with Crippen molar-refractivity contribution < 1.29 is 71.1 Å². The van der Waals surface area contributed by atoms with Crippen LogP contribution in [0.4, 0.5) is 8.78 Å². The van der Waals surface area contributed by atoms with E-state index in [-0.39, 0.29) is 68.3 Å². The maximum absolute atomic E-state index is 15.7. The molecule has 3 heterocycles. The van der Waals surface area contributed by atoms with Crippen molar-refractivity contribution in [1.82, 2.24) is 64.9 Å². The lowest BCUT2D eigenvalue weighted by Gasteiger charge is -2.42. The van der Waals surface area contributed by atoms with Gasteiger partial charge in [0.1, 0.15) is 47.8 Å². The molecule has 6 aliphatic rings. The van der Waals surface area contributed by atoms with Crippen LogP contribution in [0.15, 0.2) is 0 Å². The van der Waals surface area contributed by atoms with Gasteiger partial charge in [0, 0.05) is 101 Å². The predicted molar refractivity (Wildman–Crippen MR) is 385 cm³/mol. The number of hydrogen-bond donors (Lipinski definition) is 3. The predicted octanol–water partition coefficient (Wildman–Crippen LogP) is 5.26. The van der Waals surface area contributed by atoms with E-state index in [0.29, 0.717) is 51.6 Å². The number of carbonyl (C=O) groups is 13. The number of likely N-dealkylation sites (tertiary alicyclic amines) is 2. The van der Waals surface area contributed by atoms with Crippen LogP contribution in [0.2, 0.25) is 0 Å². The van der Waals surface area contributed by atoms with Crippen LogP contribution < -0.4 is 16.0 Å². The molecule has 0 aromatic carbocycles. The Kier molecular flexibility index (Phi) is 31.8. The van der Waals surface area contributed by atoms with E-state index in [1.54, 1.807) is 25.7 Å². The van der Waals surface area contributed by atoms with E-state index < -0.39 is 188 Å². The van der Waals surface area contributed by atoms with Crippen molar-refractivity contribution >= 4 is 88.4 Å². The summed E-state index contributed by atoms with van der Waals surface area (Å²) in [6.45, 7) is 9.11. The van der Waals surface area contributed by atoms with Gasteiger partial charge in [0.15, 0.2) is 0 Å². The van der Waals surface area contributed by atoms with E-state index in [0.717, 1.165) is 78.9 Å². The number of likely N-dealkylation sites (N-methyl/N-ethyl adjacent to an activating group) is 8. The minimum Gasteiger partial charge on any atom is -0.343 e. The average Bonchev–Trinajstić information content (AvgIpc) is 1.75. The molecule has 0 aromatic rings. The first kappa shape index (κ1) is 85.2. The van der Waals surface area contributed by atoms with Gasteiger partial charge >= 0.3 is 0 Å². The van der Waals surface area contributed by atoms with Crippen molar-refractivity contribution in [3.63, 3.8) is 0 Å². The van der Waals surface area contributed by atoms with Crippen LogP contribution in [0.3, 0.4) is 0 Å². The van der Waals surface area contributed by atoms with Crippen molar-refractivity contribution in [2.24, 2.45) is 29.6 Å². The summed E-state index contributed by atoms with van der Waals surface area (Å²) in [4.78, 5) is 207. The van der Waals surface area contributed by atoms with Crippen LogP contribution >= 0.6 is 11.6 Å². The Morgan fingerprint density at radius 2 is 1.11 bits per heavy atom. The molecular weight excluding hydrogens is 1350 g/mol. The van der Waals surface area contributed by atoms with Crippen molar-refractivity contribution in [2.45, 2.75) is 261 Å². The highest BCUT2D eigenvalue weighted by atomic mass is 35.5. The van der Waals surface area contributed by atoms with Gasteiger partial charge in [0.2, 0.25) is 76.8 Å². The fraction of sp³-hybridized carbons (Fsp3) is 0.824.